The van der Waals surface area contributed by atoms with Gasteiger partial charge in [0.05, 0.1) is 18.1 Å². The third-order valence-corrected chi connectivity index (χ3v) is 2.26. The summed E-state index contributed by atoms with van der Waals surface area (Å²) in [6, 6.07) is 4.79. The minimum absolute atomic E-state index is 0.162. The van der Waals surface area contributed by atoms with E-state index < -0.39 is 30.2 Å². The second-order valence-electron chi connectivity index (χ2n) is 3.41. The van der Waals surface area contributed by atoms with Gasteiger partial charge in [-0.15, -0.1) is 0 Å². The maximum Gasteiger partial charge on any atom is 0.416 e. The Kier molecular flexibility index (Phi) is 4.11. The van der Waals surface area contributed by atoms with Crippen LogP contribution in [0.5, 0.6) is 0 Å². The predicted molar refractivity (Wildman–Crippen MR) is 53.4 cm³/mol. The van der Waals surface area contributed by atoms with Crippen molar-refractivity contribution in [3.63, 3.8) is 0 Å². The molecule has 0 bridgehead atoms. The first-order chi connectivity index (χ1) is 7.86. The number of carboxylic acid groups (broad SMARTS) is 1. The molecule has 1 rings (SSSR count). The third kappa shape index (κ3) is 3.45. The molecule has 0 amide bonds. The Balaban J connectivity index is 3.15. The first-order valence-corrected chi connectivity index (χ1v) is 4.77. The van der Waals surface area contributed by atoms with Gasteiger partial charge < -0.3 is 9.84 Å². The largest absolute Gasteiger partial charge is 0.481 e. The van der Waals surface area contributed by atoms with E-state index in [0.29, 0.717) is 0 Å². The lowest BCUT2D eigenvalue weighted by atomic mass is 10.00. The van der Waals surface area contributed by atoms with Crippen LogP contribution in [-0.4, -0.2) is 18.2 Å². The lowest BCUT2D eigenvalue weighted by Gasteiger charge is -2.19. The van der Waals surface area contributed by atoms with Gasteiger partial charge >= 0.3 is 12.1 Å². The molecule has 0 aliphatic heterocycles. The van der Waals surface area contributed by atoms with Crippen LogP contribution in [0.25, 0.3) is 0 Å². The molecular formula is C11H11F3O3. The fourth-order valence-corrected chi connectivity index (χ4v) is 1.51. The summed E-state index contributed by atoms with van der Waals surface area (Å²) in [7, 11) is 1.18. The van der Waals surface area contributed by atoms with Crippen LogP contribution in [-0.2, 0) is 15.7 Å². The van der Waals surface area contributed by atoms with E-state index in [1.165, 1.54) is 25.3 Å². The van der Waals surface area contributed by atoms with Crippen molar-refractivity contribution in [3.05, 3.63) is 35.4 Å². The van der Waals surface area contributed by atoms with E-state index in [1.807, 2.05) is 0 Å². The molecule has 1 N–H and O–H groups in total. The molecule has 0 aliphatic rings. The van der Waals surface area contributed by atoms with Crippen molar-refractivity contribution in [1.29, 1.82) is 0 Å². The lowest BCUT2D eigenvalue weighted by Crippen LogP contribution is -2.15. The highest BCUT2D eigenvalue weighted by atomic mass is 19.4. The highest BCUT2D eigenvalue weighted by Gasteiger charge is 2.35. The Labute approximate surface area is 95.8 Å². The van der Waals surface area contributed by atoms with Gasteiger partial charge in [-0.2, -0.15) is 13.2 Å². The van der Waals surface area contributed by atoms with Crippen molar-refractivity contribution in [2.75, 3.05) is 7.11 Å². The highest BCUT2D eigenvalue weighted by molar-refractivity contribution is 5.67. The Morgan fingerprint density at radius 3 is 2.47 bits per heavy atom. The van der Waals surface area contributed by atoms with Gasteiger partial charge in [0.15, 0.2) is 0 Å². The van der Waals surface area contributed by atoms with Gasteiger partial charge in [0, 0.05) is 7.11 Å². The summed E-state index contributed by atoms with van der Waals surface area (Å²) in [4.78, 5) is 10.5. The summed E-state index contributed by atoms with van der Waals surface area (Å²) >= 11 is 0. The molecule has 1 aromatic rings. The van der Waals surface area contributed by atoms with E-state index in [1.54, 1.807) is 0 Å². The zero-order chi connectivity index (χ0) is 13.1. The van der Waals surface area contributed by atoms with Crippen LogP contribution >= 0.6 is 0 Å². The molecule has 0 saturated heterocycles. The molecule has 0 fully saturated rings. The molecule has 94 valence electrons. The fourth-order valence-electron chi connectivity index (χ4n) is 1.51. The summed E-state index contributed by atoms with van der Waals surface area (Å²) in [5, 5.41) is 8.61. The number of alkyl halides is 3. The molecule has 6 heteroatoms. The number of aliphatic carboxylic acids is 1. The number of rotatable bonds is 4. The number of ether oxygens (including phenoxy) is 1. The van der Waals surface area contributed by atoms with Gasteiger partial charge in [-0.05, 0) is 11.6 Å². The zero-order valence-corrected chi connectivity index (χ0v) is 8.99. The van der Waals surface area contributed by atoms with Gasteiger partial charge in [0.2, 0.25) is 0 Å². The van der Waals surface area contributed by atoms with Crippen molar-refractivity contribution in [2.45, 2.75) is 18.7 Å². The van der Waals surface area contributed by atoms with Crippen molar-refractivity contribution in [1.82, 2.24) is 0 Å². The second kappa shape index (κ2) is 5.18. The van der Waals surface area contributed by atoms with E-state index in [9.17, 15) is 18.0 Å². The van der Waals surface area contributed by atoms with Crippen LogP contribution in [0, 0.1) is 0 Å². The first kappa shape index (κ1) is 13.5. The summed E-state index contributed by atoms with van der Waals surface area (Å²) in [5.74, 6) is -1.21. The number of methoxy groups -OCH3 is 1. The van der Waals surface area contributed by atoms with Crippen molar-refractivity contribution < 1.29 is 27.8 Å². The number of halogens is 3. The quantitative estimate of drug-likeness (QED) is 0.891. The summed E-state index contributed by atoms with van der Waals surface area (Å²) < 4.78 is 42.8. The third-order valence-electron chi connectivity index (χ3n) is 2.26. The molecule has 0 aliphatic carbocycles. The Morgan fingerprint density at radius 1 is 1.41 bits per heavy atom. The normalized spacial score (nSPS) is 13.4. The summed E-state index contributed by atoms with van der Waals surface area (Å²) in [6.45, 7) is 0. The van der Waals surface area contributed by atoms with Crippen LogP contribution in [0.1, 0.15) is 23.7 Å². The van der Waals surface area contributed by atoms with E-state index in [2.05, 4.69) is 0 Å². The van der Waals surface area contributed by atoms with E-state index in [0.717, 1.165) is 6.07 Å². The van der Waals surface area contributed by atoms with Gasteiger partial charge in [-0.3, -0.25) is 4.79 Å². The molecule has 3 nitrogen and oxygen atoms in total. The number of carboxylic acids is 1. The molecule has 1 atom stereocenters. The number of hydrogen-bond donors (Lipinski definition) is 1. The van der Waals surface area contributed by atoms with E-state index >= 15 is 0 Å². The molecule has 1 aromatic carbocycles. The second-order valence-corrected chi connectivity index (χ2v) is 3.41. The molecule has 1 unspecified atom stereocenters. The van der Waals surface area contributed by atoms with Gasteiger partial charge in [-0.1, -0.05) is 18.2 Å². The van der Waals surface area contributed by atoms with Crippen LogP contribution in [0.3, 0.4) is 0 Å². The molecule has 0 radical (unpaired) electrons. The SMILES string of the molecule is COC(CC(=O)O)c1ccccc1C(F)(F)F. The Bertz CT molecular complexity index is 401. The van der Waals surface area contributed by atoms with Crippen molar-refractivity contribution in [3.8, 4) is 0 Å². The minimum atomic E-state index is -4.52. The molecule has 0 aromatic heterocycles. The highest BCUT2D eigenvalue weighted by Crippen LogP contribution is 2.36. The average molecular weight is 248 g/mol. The standard InChI is InChI=1S/C11H11F3O3/c1-17-9(6-10(15)16)7-4-2-3-5-8(7)11(12,13)14/h2-5,9H,6H2,1H3,(H,15,16). The van der Waals surface area contributed by atoms with Gasteiger partial charge in [-0.25, -0.2) is 0 Å². The van der Waals surface area contributed by atoms with Gasteiger partial charge in [0.25, 0.3) is 0 Å². The van der Waals surface area contributed by atoms with Crippen molar-refractivity contribution in [2.24, 2.45) is 0 Å². The topological polar surface area (TPSA) is 46.5 Å². The molecule has 0 saturated carbocycles. The van der Waals surface area contributed by atoms with Crippen LogP contribution in [0.15, 0.2) is 24.3 Å². The number of carbonyl (C=O) groups is 1. The number of benzene rings is 1. The summed E-state index contributed by atoms with van der Waals surface area (Å²) in [5.41, 5.74) is -1.03. The van der Waals surface area contributed by atoms with E-state index in [4.69, 9.17) is 9.84 Å². The minimum Gasteiger partial charge on any atom is -0.481 e. The molecule has 0 spiro atoms. The van der Waals surface area contributed by atoms with Crippen LogP contribution in [0.2, 0.25) is 0 Å². The summed E-state index contributed by atoms with van der Waals surface area (Å²) in [6.07, 6.45) is -6.14. The Morgan fingerprint density at radius 2 is 2.00 bits per heavy atom. The zero-order valence-electron chi connectivity index (χ0n) is 8.99. The van der Waals surface area contributed by atoms with Crippen LogP contribution in [0.4, 0.5) is 13.2 Å². The molecular weight excluding hydrogens is 237 g/mol. The monoisotopic (exact) mass is 248 g/mol. The predicted octanol–water partition coefficient (Wildman–Crippen LogP) is 2.87. The fraction of sp³-hybridized carbons (Fsp3) is 0.364. The Hall–Kier alpha value is -1.56. The molecule has 17 heavy (non-hydrogen) atoms. The lowest BCUT2D eigenvalue weighted by molar-refractivity contribution is -0.143. The van der Waals surface area contributed by atoms with E-state index in [-0.39, 0.29) is 5.56 Å². The van der Waals surface area contributed by atoms with Gasteiger partial charge in [0.1, 0.15) is 0 Å². The van der Waals surface area contributed by atoms with Crippen molar-refractivity contribution >= 4 is 5.97 Å². The number of hydrogen-bond acceptors (Lipinski definition) is 2. The smallest absolute Gasteiger partial charge is 0.416 e. The maximum absolute atomic E-state index is 12.7. The maximum atomic E-state index is 12.7. The van der Waals surface area contributed by atoms with Crippen LogP contribution < -0.4 is 0 Å². The average Bonchev–Trinajstić information content (AvgIpc) is 2.24. The first-order valence-electron chi connectivity index (χ1n) is 4.77. The molecule has 0 heterocycles.